The quantitative estimate of drug-likeness (QED) is 0.226. The number of ketones is 1. The van der Waals surface area contributed by atoms with E-state index in [-0.39, 0.29) is 36.1 Å². The second kappa shape index (κ2) is 12.1. The van der Waals surface area contributed by atoms with Gasteiger partial charge in [-0.05, 0) is 56.9 Å². The number of Topliss-reactive ketones (excluding diaryl/α,β-unsaturated/α-hetero) is 1. The third-order valence-electron chi connectivity index (χ3n) is 7.81. The molecule has 1 aliphatic heterocycles. The normalized spacial score (nSPS) is 18.4. The highest BCUT2D eigenvalue weighted by Crippen LogP contribution is 2.41. The molecule has 5 N–H and O–H groups in total. The molecule has 4 rings (SSSR count). The average molecular weight is 576 g/mol. The van der Waals surface area contributed by atoms with E-state index in [9.17, 15) is 24.6 Å². The first-order chi connectivity index (χ1) is 19.3. The van der Waals surface area contributed by atoms with Crippen molar-refractivity contribution in [3.8, 4) is 5.75 Å². The minimum Gasteiger partial charge on any atom is -0.508 e. The molecular formula is C32H37N3O5S. The molecule has 8 nitrogen and oxygen atoms in total. The van der Waals surface area contributed by atoms with E-state index in [4.69, 9.17) is 5.73 Å². The average Bonchev–Trinajstić information content (AvgIpc) is 3.26. The summed E-state index contributed by atoms with van der Waals surface area (Å²) in [5, 5.41) is 24.9. The fourth-order valence-corrected chi connectivity index (χ4v) is 6.37. The lowest BCUT2D eigenvalue weighted by Gasteiger charge is -2.37. The van der Waals surface area contributed by atoms with E-state index < -0.39 is 34.1 Å². The Hall–Kier alpha value is -3.66. The number of thioether (sulfide) groups is 1. The highest BCUT2D eigenvalue weighted by molar-refractivity contribution is 8.00. The van der Waals surface area contributed by atoms with Gasteiger partial charge in [0, 0.05) is 22.4 Å². The first-order valence-corrected chi connectivity index (χ1v) is 14.5. The molecule has 3 atom stereocenters. The van der Waals surface area contributed by atoms with Gasteiger partial charge in [0.2, 0.25) is 11.6 Å². The summed E-state index contributed by atoms with van der Waals surface area (Å²) < 4.78 is -0.678. The smallest absolute Gasteiger partial charge is 0.271 e. The number of benzene rings is 3. The van der Waals surface area contributed by atoms with Crippen molar-refractivity contribution in [1.29, 1.82) is 0 Å². The topological polar surface area (TPSA) is 133 Å². The molecule has 41 heavy (non-hydrogen) atoms. The van der Waals surface area contributed by atoms with E-state index in [1.807, 2.05) is 51.1 Å². The van der Waals surface area contributed by atoms with Gasteiger partial charge >= 0.3 is 0 Å². The van der Waals surface area contributed by atoms with Gasteiger partial charge in [-0.3, -0.25) is 20.1 Å². The van der Waals surface area contributed by atoms with Crippen LogP contribution in [-0.2, 0) is 22.6 Å². The molecule has 0 radical (unpaired) electrons. The number of hydrogen-bond acceptors (Lipinski definition) is 7. The Labute approximate surface area is 244 Å². The van der Waals surface area contributed by atoms with Crippen LogP contribution in [0.4, 0.5) is 0 Å². The van der Waals surface area contributed by atoms with Crippen molar-refractivity contribution in [2.75, 3.05) is 5.88 Å². The molecule has 1 aliphatic rings. The lowest BCUT2D eigenvalue weighted by atomic mass is 9.81. The maximum Gasteiger partial charge on any atom is 0.271 e. The molecule has 216 valence electrons. The molecule has 1 saturated heterocycles. The number of phenols is 1. The van der Waals surface area contributed by atoms with E-state index in [0.717, 1.165) is 11.1 Å². The first kappa shape index (κ1) is 30.3. The number of aryl methyl sites for hydroxylation is 1. The summed E-state index contributed by atoms with van der Waals surface area (Å²) in [5.74, 6) is -3.20. The van der Waals surface area contributed by atoms with Crippen LogP contribution in [0.15, 0.2) is 72.8 Å². The van der Waals surface area contributed by atoms with Crippen LogP contribution in [0.2, 0.25) is 0 Å². The number of hydrogen-bond donors (Lipinski definition) is 4. The minimum atomic E-state index is -2.64. The number of amides is 2. The molecule has 0 saturated carbocycles. The molecule has 0 spiro atoms. The van der Waals surface area contributed by atoms with Crippen molar-refractivity contribution in [2.45, 2.75) is 57.2 Å². The van der Waals surface area contributed by atoms with Gasteiger partial charge in [0.25, 0.3) is 5.91 Å². The number of nitrogens with zero attached hydrogens (tertiary/aromatic N) is 1. The summed E-state index contributed by atoms with van der Waals surface area (Å²) in [6.45, 7) is 7.55. The first-order valence-electron chi connectivity index (χ1n) is 13.5. The highest BCUT2D eigenvalue weighted by atomic mass is 32.2. The van der Waals surface area contributed by atoms with Crippen molar-refractivity contribution in [2.24, 2.45) is 11.7 Å². The van der Waals surface area contributed by atoms with E-state index >= 15 is 0 Å². The minimum absolute atomic E-state index is 0.0258. The third kappa shape index (κ3) is 6.32. The molecule has 0 bridgehead atoms. The van der Waals surface area contributed by atoms with Crippen molar-refractivity contribution in [3.63, 3.8) is 0 Å². The SMILES string of the molecule is Cc1ccccc1CNC(=O)C1N(C(=O)C(N)(O)C(Cc2ccccc2)C(=O)c2cccc(O)c2C)CSC1(C)C. The van der Waals surface area contributed by atoms with Gasteiger partial charge in [0.05, 0.1) is 11.8 Å². The van der Waals surface area contributed by atoms with Crippen LogP contribution in [0.3, 0.4) is 0 Å². The van der Waals surface area contributed by atoms with Gasteiger partial charge in [-0.15, -0.1) is 11.8 Å². The molecule has 0 aromatic heterocycles. The molecule has 1 heterocycles. The predicted molar refractivity (Wildman–Crippen MR) is 160 cm³/mol. The third-order valence-corrected chi connectivity index (χ3v) is 9.19. The predicted octanol–water partition coefficient (Wildman–Crippen LogP) is 3.69. The van der Waals surface area contributed by atoms with Crippen LogP contribution in [0.5, 0.6) is 5.75 Å². The zero-order chi connectivity index (χ0) is 29.9. The summed E-state index contributed by atoms with van der Waals surface area (Å²) >= 11 is 1.40. The lowest BCUT2D eigenvalue weighted by Crippen LogP contribution is -2.65. The van der Waals surface area contributed by atoms with Crippen LogP contribution >= 0.6 is 11.8 Å². The van der Waals surface area contributed by atoms with Gasteiger partial charge in [-0.2, -0.15) is 0 Å². The maximum atomic E-state index is 14.1. The summed E-state index contributed by atoms with van der Waals surface area (Å²) in [4.78, 5) is 42.8. The van der Waals surface area contributed by atoms with E-state index in [2.05, 4.69) is 5.32 Å². The summed E-state index contributed by atoms with van der Waals surface area (Å²) in [5.41, 5.74) is 6.96. The number of nitrogens with two attached hydrogens (primary N) is 1. The molecule has 3 unspecified atom stereocenters. The van der Waals surface area contributed by atoms with Crippen LogP contribution < -0.4 is 11.1 Å². The Morgan fingerprint density at radius 1 is 1.05 bits per heavy atom. The number of carbonyl (C=O) groups is 3. The van der Waals surface area contributed by atoms with Gasteiger partial charge in [-0.25, -0.2) is 0 Å². The number of nitrogens with one attached hydrogen (secondary N) is 1. The summed E-state index contributed by atoms with van der Waals surface area (Å²) in [6.07, 6.45) is -0.0258. The Morgan fingerprint density at radius 2 is 1.71 bits per heavy atom. The second-order valence-corrected chi connectivity index (χ2v) is 12.7. The number of rotatable bonds is 9. The molecule has 0 aliphatic carbocycles. The Bertz CT molecular complexity index is 1440. The largest absolute Gasteiger partial charge is 0.508 e. The van der Waals surface area contributed by atoms with E-state index in [1.54, 1.807) is 31.2 Å². The fraction of sp³-hybridized carbons (Fsp3) is 0.344. The van der Waals surface area contributed by atoms with Gasteiger partial charge in [-0.1, -0.05) is 66.7 Å². The number of aliphatic hydroxyl groups is 1. The molecule has 2 amide bonds. The monoisotopic (exact) mass is 575 g/mol. The summed E-state index contributed by atoms with van der Waals surface area (Å²) in [7, 11) is 0. The van der Waals surface area contributed by atoms with Crippen LogP contribution in [0.1, 0.15) is 46.5 Å². The number of carbonyl (C=O) groups excluding carboxylic acids is 3. The van der Waals surface area contributed by atoms with Crippen LogP contribution in [-0.4, -0.2) is 55.1 Å². The Kier molecular flexibility index (Phi) is 8.91. The van der Waals surface area contributed by atoms with Crippen LogP contribution in [0.25, 0.3) is 0 Å². The van der Waals surface area contributed by atoms with Crippen molar-refractivity contribution >= 4 is 29.4 Å². The zero-order valence-corrected chi connectivity index (χ0v) is 24.6. The Morgan fingerprint density at radius 3 is 2.39 bits per heavy atom. The van der Waals surface area contributed by atoms with Crippen molar-refractivity contribution < 1.29 is 24.6 Å². The fourth-order valence-electron chi connectivity index (χ4n) is 5.24. The van der Waals surface area contributed by atoms with Gasteiger partial charge < -0.3 is 20.4 Å². The van der Waals surface area contributed by atoms with Gasteiger partial charge in [0.1, 0.15) is 11.8 Å². The molecule has 9 heteroatoms. The molecular weight excluding hydrogens is 538 g/mol. The highest BCUT2D eigenvalue weighted by Gasteiger charge is 2.54. The number of aromatic hydroxyl groups is 1. The standard InChI is InChI=1S/C32H37N3O5S/c1-20-11-8-9-14-23(20)18-34-29(38)28-31(3,4)41-19-35(28)30(39)32(33,40)25(17-22-12-6-5-7-13-22)27(37)24-15-10-16-26(36)21(24)2/h5-16,25,28,36,40H,17-19,33H2,1-4H3,(H,34,38). The Balaban J connectivity index is 1.66. The lowest BCUT2D eigenvalue weighted by molar-refractivity contribution is -0.158. The molecule has 1 fully saturated rings. The van der Waals surface area contributed by atoms with E-state index in [1.165, 1.54) is 34.9 Å². The molecule has 3 aromatic rings. The van der Waals surface area contributed by atoms with Crippen molar-refractivity contribution in [1.82, 2.24) is 10.2 Å². The second-order valence-electron chi connectivity index (χ2n) is 11.1. The van der Waals surface area contributed by atoms with Crippen LogP contribution in [0, 0.1) is 19.8 Å². The van der Waals surface area contributed by atoms with Gasteiger partial charge in [0.15, 0.2) is 5.78 Å². The van der Waals surface area contributed by atoms with E-state index in [0.29, 0.717) is 11.1 Å². The zero-order valence-electron chi connectivity index (χ0n) is 23.8. The van der Waals surface area contributed by atoms with Crippen molar-refractivity contribution in [3.05, 3.63) is 101 Å². The maximum absolute atomic E-state index is 14.1. The summed E-state index contributed by atoms with van der Waals surface area (Å²) in [6, 6.07) is 20.3. The number of phenolic OH excluding ortho intramolecular Hbond substituents is 1. The molecule has 3 aromatic carbocycles.